The van der Waals surface area contributed by atoms with E-state index in [1.807, 2.05) is 51.1 Å². The standard InChI is InChI=1S/C15H22N2O2/c1-11-10-17(15(2,3)19-11)14(18)13(16)9-12-7-5-4-6-8-12/h4-8,11,13H,9-10,16H2,1-3H3/t11?,13-/m0/s1. The van der Waals surface area contributed by atoms with Gasteiger partial charge in [0.15, 0.2) is 0 Å². The lowest BCUT2D eigenvalue weighted by molar-refractivity contribution is -0.146. The fourth-order valence-electron chi connectivity index (χ4n) is 2.58. The molecule has 0 aromatic heterocycles. The van der Waals surface area contributed by atoms with Crippen LogP contribution >= 0.6 is 0 Å². The first-order valence-corrected chi connectivity index (χ1v) is 6.69. The first-order chi connectivity index (χ1) is 8.90. The zero-order valence-corrected chi connectivity index (χ0v) is 11.8. The summed E-state index contributed by atoms with van der Waals surface area (Å²) in [6.45, 7) is 6.39. The van der Waals surface area contributed by atoms with E-state index in [-0.39, 0.29) is 12.0 Å². The molecule has 1 aliphatic heterocycles. The highest BCUT2D eigenvalue weighted by Crippen LogP contribution is 2.27. The molecule has 4 heteroatoms. The summed E-state index contributed by atoms with van der Waals surface area (Å²) in [5, 5.41) is 0. The number of rotatable bonds is 3. The number of carbonyl (C=O) groups excluding carboxylic acids is 1. The zero-order valence-electron chi connectivity index (χ0n) is 11.8. The van der Waals surface area contributed by atoms with Crippen LogP contribution in [-0.2, 0) is 16.0 Å². The summed E-state index contributed by atoms with van der Waals surface area (Å²) in [6, 6.07) is 9.32. The lowest BCUT2D eigenvalue weighted by Crippen LogP contribution is -2.51. The number of nitrogens with zero attached hydrogens (tertiary/aromatic N) is 1. The highest BCUT2D eigenvalue weighted by atomic mass is 16.5. The van der Waals surface area contributed by atoms with Crippen LogP contribution < -0.4 is 5.73 Å². The lowest BCUT2D eigenvalue weighted by atomic mass is 10.0. The van der Waals surface area contributed by atoms with E-state index in [1.54, 1.807) is 4.90 Å². The molecule has 104 valence electrons. The van der Waals surface area contributed by atoms with Gasteiger partial charge in [-0.3, -0.25) is 4.79 Å². The van der Waals surface area contributed by atoms with Crippen LogP contribution in [0.15, 0.2) is 30.3 Å². The second kappa shape index (κ2) is 5.31. The Morgan fingerprint density at radius 2 is 2.11 bits per heavy atom. The van der Waals surface area contributed by atoms with Gasteiger partial charge in [-0.2, -0.15) is 0 Å². The van der Waals surface area contributed by atoms with E-state index in [9.17, 15) is 4.79 Å². The van der Waals surface area contributed by atoms with E-state index in [1.165, 1.54) is 0 Å². The highest BCUT2D eigenvalue weighted by molar-refractivity contribution is 5.82. The number of carbonyl (C=O) groups is 1. The molecule has 0 bridgehead atoms. The summed E-state index contributed by atoms with van der Waals surface area (Å²) < 4.78 is 5.73. The van der Waals surface area contributed by atoms with Crippen molar-refractivity contribution in [3.8, 4) is 0 Å². The molecule has 1 saturated heterocycles. The highest BCUT2D eigenvalue weighted by Gasteiger charge is 2.41. The monoisotopic (exact) mass is 262 g/mol. The molecule has 1 fully saturated rings. The molecule has 0 saturated carbocycles. The van der Waals surface area contributed by atoms with Gasteiger partial charge in [0.2, 0.25) is 5.91 Å². The lowest BCUT2D eigenvalue weighted by Gasteiger charge is -2.31. The Bertz CT molecular complexity index is 445. The predicted octanol–water partition coefficient (Wildman–Crippen LogP) is 1.54. The second-order valence-electron chi connectivity index (χ2n) is 5.62. The Labute approximate surface area is 114 Å². The summed E-state index contributed by atoms with van der Waals surface area (Å²) in [6.07, 6.45) is 0.614. The SMILES string of the molecule is CC1CN(C(=O)[C@@H](N)Cc2ccccc2)C(C)(C)O1. The van der Waals surface area contributed by atoms with Gasteiger partial charge in [-0.1, -0.05) is 30.3 Å². The third-order valence-corrected chi connectivity index (χ3v) is 3.46. The van der Waals surface area contributed by atoms with Crippen molar-refractivity contribution in [1.82, 2.24) is 4.90 Å². The molecular formula is C15H22N2O2. The maximum absolute atomic E-state index is 12.4. The number of hydrogen-bond acceptors (Lipinski definition) is 3. The summed E-state index contributed by atoms with van der Waals surface area (Å²) in [7, 11) is 0. The van der Waals surface area contributed by atoms with Gasteiger partial charge >= 0.3 is 0 Å². The Morgan fingerprint density at radius 3 is 2.63 bits per heavy atom. The maximum atomic E-state index is 12.4. The minimum absolute atomic E-state index is 0.0433. The molecule has 1 amide bonds. The topological polar surface area (TPSA) is 55.6 Å². The zero-order chi connectivity index (χ0) is 14.0. The largest absolute Gasteiger partial charge is 0.351 e. The second-order valence-corrected chi connectivity index (χ2v) is 5.62. The molecule has 0 spiro atoms. The molecule has 1 heterocycles. The Hall–Kier alpha value is -1.39. The third kappa shape index (κ3) is 3.14. The Kier molecular flexibility index (Phi) is 3.92. The van der Waals surface area contributed by atoms with Gasteiger partial charge in [0, 0.05) is 6.54 Å². The van der Waals surface area contributed by atoms with Crippen molar-refractivity contribution >= 4 is 5.91 Å². The quantitative estimate of drug-likeness (QED) is 0.899. The van der Waals surface area contributed by atoms with Gasteiger partial charge in [-0.15, -0.1) is 0 Å². The van der Waals surface area contributed by atoms with Crippen molar-refractivity contribution in [3.63, 3.8) is 0 Å². The molecular weight excluding hydrogens is 240 g/mol. The minimum atomic E-state index is -0.565. The number of hydrogen-bond donors (Lipinski definition) is 1. The molecule has 2 atom stereocenters. The predicted molar refractivity (Wildman–Crippen MR) is 74.5 cm³/mol. The smallest absolute Gasteiger partial charge is 0.242 e. The molecule has 1 unspecified atom stereocenters. The van der Waals surface area contributed by atoms with Crippen molar-refractivity contribution in [2.24, 2.45) is 5.73 Å². The van der Waals surface area contributed by atoms with Gasteiger partial charge in [0.05, 0.1) is 12.1 Å². The molecule has 1 aliphatic rings. The van der Waals surface area contributed by atoms with Crippen LogP contribution in [-0.4, -0.2) is 35.2 Å². The minimum Gasteiger partial charge on any atom is -0.351 e. The Morgan fingerprint density at radius 1 is 1.47 bits per heavy atom. The van der Waals surface area contributed by atoms with E-state index >= 15 is 0 Å². The van der Waals surface area contributed by atoms with Crippen LogP contribution in [0.25, 0.3) is 0 Å². The average Bonchev–Trinajstić information content (AvgIpc) is 2.62. The molecule has 19 heavy (non-hydrogen) atoms. The van der Waals surface area contributed by atoms with E-state index in [4.69, 9.17) is 10.5 Å². The molecule has 0 aliphatic carbocycles. The number of ether oxygens (including phenoxy) is 1. The third-order valence-electron chi connectivity index (χ3n) is 3.46. The summed E-state index contributed by atoms with van der Waals surface area (Å²) >= 11 is 0. The molecule has 2 N–H and O–H groups in total. The van der Waals surface area contributed by atoms with Crippen LogP contribution in [0, 0.1) is 0 Å². The van der Waals surface area contributed by atoms with Crippen LogP contribution in [0.1, 0.15) is 26.3 Å². The molecule has 1 aromatic rings. The number of benzene rings is 1. The first kappa shape index (κ1) is 14.0. The molecule has 1 aromatic carbocycles. The van der Waals surface area contributed by atoms with Crippen molar-refractivity contribution in [1.29, 1.82) is 0 Å². The molecule has 2 rings (SSSR count). The fraction of sp³-hybridized carbons (Fsp3) is 0.533. The van der Waals surface area contributed by atoms with Gasteiger partial charge in [0.25, 0.3) is 0 Å². The molecule has 0 radical (unpaired) electrons. The van der Waals surface area contributed by atoms with Gasteiger partial charge in [-0.25, -0.2) is 0 Å². The normalized spacial score (nSPS) is 23.4. The maximum Gasteiger partial charge on any atom is 0.242 e. The van der Waals surface area contributed by atoms with E-state index in [0.717, 1.165) is 5.56 Å². The number of amides is 1. The van der Waals surface area contributed by atoms with Gasteiger partial charge < -0.3 is 15.4 Å². The Balaban J connectivity index is 2.03. The fourth-order valence-corrected chi connectivity index (χ4v) is 2.58. The van der Waals surface area contributed by atoms with E-state index < -0.39 is 11.8 Å². The van der Waals surface area contributed by atoms with Gasteiger partial charge in [-0.05, 0) is 32.8 Å². The van der Waals surface area contributed by atoms with Crippen LogP contribution in [0.3, 0.4) is 0 Å². The first-order valence-electron chi connectivity index (χ1n) is 6.69. The van der Waals surface area contributed by atoms with Crippen LogP contribution in [0.5, 0.6) is 0 Å². The number of nitrogens with two attached hydrogens (primary N) is 1. The van der Waals surface area contributed by atoms with Crippen molar-refractivity contribution in [2.45, 2.75) is 45.1 Å². The van der Waals surface area contributed by atoms with Crippen LogP contribution in [0.4, 0.5) is 0 Å². The van der Waals surface area contributed by atoms with E-state index in [2.05, 4.69) is 0 Å². The molecule has 4 nitrogen and oxygen atoms in total. The average molecular weight is 262 g/mol. The van der Waals surface area contributed by atoms with Crippen molar-refractivity contribution in [2.75, 3.05) is 6.54 Å². The summed E-state index contributed by atoms with van der Waals surface area (Å²) in [5.74, 6) is -0.0433. The van der Waals surface area contributed by atoms with E-state index in [0.29, 0.717) is 13.0 Å². The van der Waals surface area contributed by atoms with Crippen molar-refractivity contribution < 1.29 is 9.53 Å². The van der Waals surface area contributed by atoms with Crippen LogP contribution in [0.2, 0.25) is 0 Å². The van der Waals surface area contributed by atoms with Crippen molar-refractivity contribution in [3.05, 3.63) is 35.9 Å². The van der Waals surface area contributed by atoms with Gasteiger partial charge in [0.1, 0.15) is 5.72 Å². The summed E-state index contributed by atoms with van der Waals surface area (Å²) in [4.78, 5) is 14.2. The summed E-state index contributed by atoms with van der Waals surface area (Å²) in [5.41, 5.74) is 6.56.